The van der Waals surface area contributed by atoms with Crippen LogP contribution in [0.3, 0.4) is 0 Å². The molecule has 0 bridgehead atoms. The van der Waals surface area contributed by atoms with Crippen molar-refractivity contribution in [2.24, 2.45) is 0 Å². The fraction of sp³-hybridized carbons (Fsp3) is 0.278. The van der Waals surface area contributed by atoms with Crippen LogP contribution < -0.4 is 0 Å². The number of aliphatic hydroxyl groups is 1. The molecule has 0 saturated carbocycles. The maximum Gasteiger partial charge on any atom is 0.206 e. The third-order valence-corrected chi connectivity index (χ3v) is 9.37. The van der Waals surface area contributed by atoms with Gasteiger partial charge in [-0.25, -0.2) is 8.42 Å². The summed E-state index contributed by atoms with van der Waals surface area (Å²) in [5.74, 6) is 0. The van der Waals surface area contributed by atoms with Crippen LogP contribution in [0.25, 0.3) is 0 Å². The van der Waals surface area contributed by atoms with Crippen LogP contribution in [0.5, 0.6) is 0 Å². The van der Waals surface area contributed by atoms with Crippen LogP contribution in [0, 0.1) is 0 Å². The van der Waals surface area contributed by atoms with Gasteiger partial charge in [0.25, 0.3) is 0 Å². The van der Waals surface area contributed by atoms with Crippen molar-refractivity contribution in [3.63, 3.8) is 0 Å². The number of methoxy groups -OCH3 is 1. The molecule has 5 rings (SSSR count). The van der Waals surface area contributed by atoms with Crippen molar-refractivity contribution in [1.29, 1.82) is 0 Å². The molecule has 5 atom stereocenters. The van der Waals surface area contributed by atoms with Crippen LogP contribution in [0.2, 0.25) is 0 Å². The Morgan fingerprint density at radius 2 is 1.20 bits per heavy atom. The van der Waals surface area contributed by atoms with Crippen molar-refractivity contribution in [3.8, 4) is 0 Å². The van der Waals surface area contributed by atoms with Gasteiger partial charge in [0.1, 0.15) is 18.3 Å². The Morgan fingerprint density at radius 3 is 1.71 bits per heavy atom. The molecule has 0 radical (unpaired) electrons. The van der Waals surface area contributed by atoms with E-state index >= 15 is 0 Å². The maximum absolute atomic E-state index is 13.9. The molecule has 0 unspecified atom stereocenters. The van der Waals surface area contributed by atoms with E-state index in [-0.39, 0.29) is 29.4 Å². The zero-order valence-electron chi connectivity index (χ0n) is 25.1. The fourth-order valence-corrected chi connectivity index (χ4v) is 6.54. The van der Waals surface area contributed by atoms with Crippen molar-refractivity contribution in [2.75, 3.05) is 13.7 Å². The van der Waals surface area contributed by atoms with E-state index in [1.807, 2.05) is 91.0 Å². The lowest BCUT2D eigenvalue weighted by Gasteiger charge is -2.44. The summed E-state index contributed by atoms with van der Waals surface area (Å²) in [6.45, 7) is 0.0381. The maximum atomic E-state index is 13.9. The Hall–Kier alpha value is -3.83. The first-order chi connectivity index (χ1) is 22.0. The van der Waals surface area contributed by atoms with E-state index in [4.69, 9.17) is 23.7 Å². The lowest BCUT2D eigenvalue weighted by molar-refractivity contribution is -0.314. The average Bonchev–Trinajstić information content (AvgIpc) is 3.09. The van der Waals surface area contributed by atoms with Crippen LogP contribution in [0.4, 0.5) is 0 Å². The number of benzene rings is 4. The number of ether oxygens (including phenoxy) is 5. The van der Waals surface area contributed by atoms with Crippen molar-refractivity contribution in [1.82, 2.24) is 0 Å². The van der Waals surface area contributed by atoms with Gasteiger partial charge in [-0.15, -0.1) is 0 Å². The molecule has 1 N–H and O–H groups in total. The Morgan fingerprint density at radius 1 is 0.711 bits per heavy atom. The lowest BCUT2D eigenvalue weighted by Crippen LogP contribution is -2.61. The van der Waals surface area contributed by atoms with E-state index in [2.05, 4.69) is 0 Å². The van der Waals surface area contributed by atoms with E-state index in [9.17, 15) is 13.5 Å². The summed E-state index contributed by atoms with van der Waals surface area (Å²) in [4.78, 5) is 0.198. The molecular weight excluding hydrogens is 592 g/mol. The first kappa shape index (κ1) is 32.6. The van der Waals surface area contributed by atoms with Crippen molar-refractivity contribution in [3.05, 3.63) is 149 Å². The van der Waals surface area contributed by atoms with Crippen molar-refractivity contribution < 1.29 is 37.2 Å². The smallest absolute Gasteiger partial charge is 0.206 e. The molecule has 4 aromatic carbocycles. The number of hydrogen-bond donors (Lipinski definition) is 1. The third kappa shape index (κ3) is 8.46. The highest BCUT2D eigenvalue weighted by molar-refractivity contribution is 7.95. The largest absolute Gasteiger partial charge is 0.491 e. The predicted molar refractivity (Wildman–Crippen MR) is 170 cm³/mol. The normalized spacial score (nSPS) is 22.2. The fourth-order valence-electron chi connectivity index (χ4n) is 5.18. The summed E-state index contributed by atoms with van der Waals surface area (Å²) in [6.07, 6.45) is -2.95. The van der Waals surface area contributed by atoms with Gasteiger partial charge in [-0.05, 0) is 28.8 Å². The molecule has 1 fully saturated rings. The highest BCUT2D eigenvalue weighted by atomic mass is 32.2. The second kappa shape index (κ2) is 15.9. The molecule has 9 heteroatoms. The minimum Gasteiger partial charge on any atom is -0.491 e. The Labute approximate surface area is 264 Å². The molecule has 1 aliphatic rings. The highest BCUT2D eigenvalue weighted by Crippen LogP contribution is 2.31. The topological polar surface area (TPSA) is 101 Å². The summed E-state index contributed by atoms with van der Waals surface area (Å²) >= 11 is 0. The molecule has 0 spiro atoms. The summed E-state index contributed by atoms with van der Waals surface area (Å²) in [5.41, 5.74) is 2.66. The van der Waals surface area contributed by atoms with E-state index < -0.39 is 47.2 Å². The third-order valence-electron chi connectivity index (χ3n) is 7.55. The predicted octanol–water partition coefficient (Wildman–Crippen LogP) is 5.46. The standard InChI is InChI=1S/C36H38O8S/c1-40-36-35(42-25-29-18-10-4-11-19-29)34(41-24-28-16-8-3-9-17-28)33(32(23-37)44-36)43-26-31(22-27-14-6-2-7-15-27)45(38,39)30-20-12-5-13-21-30/h2-21,26,32-37H,22-25H2,1H3/b31-26+/t32-,33-,34+,35-,36+/m1/s1. The van der Waals surface area contributed by atoms with Crippen LogP contribution in [-0.2, 0) is 53.2 Å². The van der Waals surface area contributed by atoms with Gasteiger partial charge >= 0.3 is 0 Å². The van der Waals surface area contributed by atoms with E-state index in [1.54, 1.807) is 30.3 Å². The quantitative estimate of drug-likeness (QED) is 0.183. The van der Waals surface area contributed by atoms with Gasteiger partial charge in [0.05, 0.1) is 35.9 Å². The van der Waals surface area contributed by atoms with Gasteiger partial charge in [-0.1, -0.05) is 109 Å². The molecule has 236 valence electrons. The van der Waals surface area contributed by atoms with Crippen LogP contribution in [-0.4, -0.2) is 57.9 Å². The van der Waals surface area contributed by atoms with Gasteiger partial charge in [-0.3, -0.25) is 0 Å². The van der Waals surface area contributed by atoms with E-state index in [0.29, 0.717) is 0 Å². The molecule has 1 saturated heterocycles. The van der Waals surface area contributed by atoms with Crippen molar-refractivity contribution >= 4 is 9.84 Å². The molecule has 1 heterocycles. The summed E-state index contributed by atoms with van der Waals surface area (Å²) < 4.78 is 58.7. The molecule has 1 aliphatic heterocycles. The summed E-state index contributed by atoms with van der Waals surface area (Å²) in [7, 11) is -2.44. The minimum atomic E-state index is -3.94. The van der Waals surface area contributed by atoms with Crippen LogP contribution in [0.1, 0.15) is 16.7 Å². The number of allylic oxidation sites excluding steroid dienone is 1. The highest BCUT2D eigenvalue weighted by Gasteiger charge is 2.49. The molecular formula is C36H38O8S. The summed E-state index contributed by atoms with van der Waals surface area (Å²) in [5, 5.41) is 10.4. The van der Waals surface area contributed by atoms with Gasteiger partial charge in [-0.2, -0.15) is 0 Å². The average molecular weight is 631 g/mol. The molecule has 45 heavy (non-hydrogen) atoms. The molecule has 0 amide bonds. The molecule has 0 aromatic heterocycles. The van der Waals surface area contributed by atoms with E-state index in [1.165, 1.54) is 13.4 Å². The zero-order valence-corrected chi connectivity index (χ0v) is 25.9. The Kier molecular flexibility index (Phi) is 11.5. The SMILES string of the molecule is CO[C@H]1O[C@H](CO)[C@@H](O/C=C(\Cc2ccccc2)S(=O)(=O)c2ccccc2)[C@H](OCc2ccccc2)[C@H]1OCc1ccccc1. The van der Waals surface area contributed by atoms with Crippen molar-refractivity contribution in [2.45, 2.75) is 55.2 Å². The first-order valence-electron chi connectivity index (χ1n) is 14.8. The Balaban J connectivity index is 1.50. The Bertz CT molecular complexity index is 1580. The molecule has 0 aliphatic carbocycles. The van der Waals surface area contributed by atoms with Gasteiger partial charge < -0.3 is 28.8 Å². The summed E-state index contributed by atoms with van der Waals surface area (Å²) in [6, 6.07) is 36.8. The molecule has 8 nitrogen and oxygen atoms in total. The van der Waals surface area contributed by atoms with Gasteiger partial charge in [0.15, 0.2) is 12.4 Å². The number of rotatable bonds is 14. The van der Waals surface area contributed by atoms with Gasteiger partial charge in [0, 0.05) is 13.5 Å². The minimum absolute atomic E-state index is 0.0500. The zero-order chi connectivity index (χ0) is 31.5. The number of hydrogen-bond acceptors (Lipinski definition) is 8. The van der Waals surface area contributed by atoms with E-state index in [0.717, 1.165) is 16.7 Å². The monoisotopic (exact) mass is 630 g/mol. The van der Waals surface area contributed by atoms with Crippen LogP contribution >= 0.6 is 0 Å². The molecule has 4 aromatic rings. The second-order valence-electron chi connectivity index (χ2n) is 10.6. The first-order valence-corrected chi connectivity index (χ1v) is 16.3. The lowest BCUT2D eigenvalue weighted by atomic mass is 9.98. The van der Waals surface area contributed by atoms with Gasteiger partial charge in [0.2, 0.25) is 9.84 Å². The number of sulfone groups is 1. The van der Waals surface area contributed by atoms with Crippen LogP contribution in [0.15, 0.2) is 137 Å². The number of aliphatic hydroxyl groups excluding tert-OH is 1. The second-order valence-corrected chi connectivity index (χ2v) is 12.7.